The maximum absolute atomic E-state index is 11.2. The first-order chi connectivity index (χ1) is 6.15. The summed E-state index contributed by atoms with van der Waals surface area (Å²) in [6, 6.07) is 5.54. The molecule has 1 amide bonds. The maximum Gasteiger partial charge on any atom is 0.251 e. The van der Waals surface area contributed by atoms with Crippen molar-refractivity contribution in [2.24, 2.45) is 0 Å². The Morgan fingerprint density at radius 1 is 1.62 bits per heavy atom. The van der Waals surface area contributed by atoms with E-state index >= 15 is 0 Å². The van der Waals surface area contributed by atoms with E-state index in [0.29, 0.717) is 5.82 Å². The van der Waals surface area contributed by atoms with Crippen LogP contribution in [0, 0.1) is 6.92 Å². The fourth-order valence-electron chi connectivity index (χ4n) is 0.965. The minimum atomic E-state index is -0.155. The minimum absolute atomic E-state index is 0.155. The number of anilines is 1. The Balaban J connectivity index is 2.94. The average Bonchev–Trinajstić information content (AvgIpc) is 2.15. The normalized spacial score (nSPS) is 9.38. The Hall–Kier alpha value is -1.64. The molecule has 0 radical (unpaired) electrons. The molecule has 0 aliphatic carbocycles. The van der Waals surface area contributed by atoms with Crippen molar-refractivity contribution in [3.63, 3.8) is 0 Å². The van der Waals surface area contributed by atoms with Crippen LogP contribution in [0.25, 0.3) is 0 Å². The van der Waals surface area contributed by atoms with E-state index in [1.165, 1.54) is 11.0 Å². The lowest BCUT2D eigenvalue weighted by Crippen LogP contribution is -2.24. The summed E-state index contributed by atoms with van der Waals surface area (Å²) in [5.74, 6) is 0.489. The summed E-state index contributed by atoms with van der Waals surface area (Å²) in [4.78, 5) is 16.8. The Kier molecular flexibility index (Phi) is 2.80. The molecule has 0 saturated heterocycles. The number of aromatic nitrogens is 1. The Morgan fingerprint density at radius 2 is 2.31 bits per heavy atom. The molecule has 0 spiro atoms. The molecule has 1 rings (SSSR count). The molecule has 0 unspecified atom stereocenters. The predicted octanol–water partition coefficient (Wildman–Crippen LogP) is 1.54. The molecule has 0 aromatic carbocycles. The fraction of sp³-hybridized carbons (Fsp3) is 0.200. The second kappa shape index (κ2) is 3.85. The lowest BCUT2D eigenvalue weighted by Gasteiger charge is -2.13. The van der Waals surface area contributed by atoms with Gasteiger partial charge in [-0.3, -0.25) is 9.69 Å². The van der Waals surface area contributed by atoms with Gasteiger partial charge in [-0.1, -0.05) is 12.6 Å². The van der Waals surface area contributed by atoms with Gasteiger partial charge in [-0.2, -0.15) is 0 Å². The molecule has 0 bridgehead atoms. The molecule has 1 heterocycles. The molecular formula is C10H12N2O. The third-order valence-corrected chi connectivity index (χ3v) is 1.72. The standard InChI is InChI=1S/C10H12N2O/c1-4-10(13)12(3)9-7-5-6-8(2)11-9/h4-7H,1H2,2-3H3. The zero-order valence-corrected chi connectivity index (χ0v) is 7.82. The van der Waals surface area contributed by atoms with Crippen LogP contribution in [0.1, 0.15) is 5.69 Å². The van der Waals surface area contributed by atoms with Crippen LogP contribution < -0.4 is 4.90 Å². The highest BCUT2D eigenvalue weighted by molar-refractivity contribution is 5.99. The van der Waals surface area contributed by atoms with Gasteiger partial charge >= 0.3 is 0 Å². The number of carbonyl (C=O) groups is 1. The van der Waals surface area contributed by atoms with Gasteiger partial charge in [-0.15, -0.1) is 0 Å². The summed E-state index contributed by atoms with van der Waals surface area (Å²) >= 11 is 0. The second-order valence-electron chi connectivity index (χ2n) is 2.74. The zero-order chi connectivity index (χ0) is 9.84. The van der Waals surface area contributed by atoms with Gasteiger partial charge in [0.15, 0.2) is 0 Å². The van der Waals surface area contributed by atoms with Crippen molar-refractivity contribution in [3.05, 3.63) is 36.5 Å². The van der Waals surface area contributed by atoms with E-state index < -0.39 is 0 Å². The Labute approximate surface area is 77.7 Å². The summed E-state index contributed by atoms with van der Waals surface area (Å²) in [6.45, 7) is 5.30. The van der Waals surface area contributed by atoms with Gasteiger partial charge in [0.05, 0.1) is 0 Å². The van der Waals surface area contributed by atoms with Crippen molar-refractivity contribution >= 4 is 11.7 Å². The van der Waals surface area contributed by atoms with E-state index in [1.807, 2.05) is 19.1 Å². The van der Waals surface area contributed by atoms with Gasteiger partial charge in [0.1, 0.15) is 5.82 Å². The monoisotopic (exact) mass is 176 g/mol. The maximum atomic E-state index is 11.2. The smallest absolute Gasteiger partial charge is 0.251 e. The summed E-state index contributed by atoms with van der Waals surface area (Å²) < 4.78 is 0. The number of aryl methyl sites for hydroxylation is 1. The van der Waals surface area contributed by atoms with E-state index in [-0.39, 0.29) is 5.91 Å². The van der Waals surface area contributed by atoms with Crippen LogP contribution in [-0.4, -0.2) is 17.9 Å². The van der Waals surface area contributed by atoms with Gasteiger partial charge in [0.25, 0.3) is 5.91 Å². The zero-order valence-electron chi connectivity index (χ0n) is 7.82. The van der Waals surface area contributed by atoms with E-state index in [9.17, 15) is 4.79 Å². The highest BCUT2D eigenvalue weighted by Gasteiger charge is 2.07. The third kappa shape index (κ3) is 2.15. The van der Waals surface area contributed by atoms with Gasteiger partial charge in [0, 0.05) is 12.7 Å². The van der Waals surface area contributed by atoms with E-state index in [1.54, 1.807) is 13.1 Å². The van der Waals surface area contributed by atoms with Crippen LogP contribution in [0.3, 0.4) is 0 Å². The van der Waals surface area contributed by atoms with Crippen LogP contribution in [0.5, 0.6) is 0 Å². The topological polar surface area (TPSA) is 33.2 Å². The molecule has 0 N–H and O–H groups in total. The number of carbonyl (C=O) groups excluding carboxylic acids is 1. The van der Waals surface area contributed by atoms with Crippen LogP contribution in [-0.2, 0) is 4.79 Å². The van der Waals surface area contributed by atoms with Crippen LogP contribution in [0.2, 0.25) is 0 Å². The fourth-order valence-corrected chi connectivity index (χ4v) is 0.965. The Bertz CT molecular complexity index is 333. The molecule has 0 aliphatic heterocycles. The van der Waals surface area contributed by atoms with E-state index in [4.69, 9.17) is 0 Å². The highest BCUT2D eigenvalue weighted by atomic mass is 16.2. The number of likely N-dealkylation sites (N-methyl/N-ethyl adjacent to an activating group) is 1. The molecule has 0 atom stereocenters. The first-order valence-electron chi connectivity index (χ1n) is 3.99. The van der Waals surface area contributed by atoms with Crippen molar-refractivity contribution in [2.75, 3.05) is 11.9 Å². The van der Waals surface area contributed by atoms with E-state index in [0.717, 1.165) is 5.69 Å². The van der Waals surface area contributed by atoms with Crippen LogP contribution in [0.4, 0.5) is 5.82 Å². The van der Waals surface area contributed by atoms with Gasteiger partial charge in [-0.05, 0) is 25.1 Å². The number of hydrogen-bond acceptors (Lipinski definition) is 2. The Morgan fingerprint density at radius 3 is 2.85 bits per heavy atom. The lowest BCUT2D eigenvalue weighted by atomic mass is 10.3. The molecule has 1 aromatic rings. The minimum Gasteiger partial charge on any atom is -0.296 e. The second-order valence-corrected chi connectivity index (χ2v) is 2.74. The molecule has 3 nitrogen and oxygen atoms in total. The van der Waals surface area contributed by atoms with Crippen LogP contribution >= 0.6 is 0 Å². The molecule has 3 heteroatoms. The number of rotatable bonds is 2. The molecule has 68 valence electrons. The third-order valence-electron chi connectivity index (χ3n) is 1.72. The summed E-state index contributed by atoms with van der Waals surface area (Å²) in [6.07, 6.45) is 1.27. The van der Waals surface area contributed by atoms with Gasteiger partial charge in [0.2, 0.25) is 0 Å². The first-order valence-corrected chi connectivity index (χ1v) is 3.99. The van der Waals surface area contributed by atoms with Gasteiger partial charge in [-0.25, -0.2) is 4.98 Å². The lowest BCUT2D eigenvalue weighted by molar-refractivity contribution is -0.113. The predicted molar refractivity (Wildman–Crippen MR) is 52.6 cm³/mol. The number of pyridine rings is 1. The highest BCUT2D eigenvalue weighted by Crippen LogP contribution is 2.09. The molecule has 1 aromatic heterocycles. The van der Waals surface area contributed by atoms with Gasteiger partial charge < -0.3 is 0 Å². The number of hydrogen-bond donors (Lipinski definition) is 0. The first kappa shape index (κ1) is 9.45. The quantitative estimate of drug-likeness (QED) is 0.640. The molecule has 0 aliphatic rings. The van der Waals surface area contributed by atoms with E-state index in [2.05, 4.69) is 11.6 Å². The largest absolute Gasteiger partial charge is 0.296 e. The molecule has 0 fully saturated rings. The van der Waals surface area contributed by atoms with Crippen LogP contribution in [0.15, 0.2) is 30.9 Å². The number of nitrogens with zero attached hydrogens (tertiary/aromatic N) is 2. The van der Waals surface area contributed by atoms with Crippen molar-refractivity contribution in [2.45, 2.75) is 6.92 Å². The van der Waals surface area contributed by atoms with Crippen molar-refractivity contribution < 1.29 is 4.79 Å². The summed E-state index contributed by atoms with van der Waals surface area (Å²) in [5.41, 5.74) is 0.890. The molecule has 13 heavy (non-hydrogen) atoms. The summed E-state index contributed by atoms with van der Waals surface area (Å²) in [5, 5.41) is 0. The SMILES string of the molecule is C=CC(=O)N(C)c1cccc(C)n1. The van der Waals surface area contributed by atoms with Crippen molar-refractivity contribution in [1.82, 2.24) is 4.98 Å². The molecule has 0 saturated carbocycles. The summed E-state index contributed by atoms with van der Waals surface area (Å²) in [7, 11) is 1.67. The van der Waals surface area contributed by atoms with Crippen molar-refractivity contribution in [3.8, 4) is 0 Å². The molecular weight excluding hydrogens is 164 g/mol. The number of amides is 1. The average molecular weight is 176 g/mol. The van der Waals surface area contributed by atoms with Crippen molar-refractivity contribution in [1.29, 1.82) is 0 Å².